The van der Waals surface area contributed by atoms with Crippen LogP contribution in [0.5, 0.6) is 0 Å². The maximum Gasteiger partial charge on any atom is 0.257 e. The average Bonchev–Trinajstić information content (AvgIpc) is 3.08. The van der Waals surface area contributed by atoms with E-state index in [1.165, 1.54) is 12.1 Å². The fraction of sp³-hybridized carbons (Fsp3) is 0.250. The van der Waals surface area contributed by atoms with E-state index >= 15 is 0 Å². The number of aromatic nitrogens is 2. The molecule has 3 nitrogen and oxygen atoms in total. The van der Waals surface area contributed by atoms with Crippen LogP contribution in [0.4, 0.5) is 4.39 Å². The molecule has 0 radical (unpaired) electrons. The van der Waals surface area contributed by atoms with Crippen molar-refractivity contribution in [1.82, 2.24) is 10.1 Å². The molecular weight excluding hydrogens is 291 g/mol. The van der Waals surface area contributed by atoms with Gasteiger partial charge in [-0.05, 0) is 37.5 Å². The van der Waals surface area contributed by atoms with Crippen molar-refractivity contribution in [3.8, 4) is 0 Å². The molecule has 0 bridgehead atoms. The number of rotatable bonds is 4. The molecule has 108 valence electrons. The molecule has 21 heavy (non-hydrogen) atoms. The van der Waals surface area contributed by atoms with E-state index in [9.17, 15) is 4.39 Å². The van der Waals surface area contributed by atoms with Crippen molar-refractivity contribution in [3.63, 3.8) is 0 Å². The van der Waals surface area contributed by atoms with Crippen molar-refractivity contribution in [3.05, 3.63) is 65.0 Å². The number of benzene rings is 1. The van der Waals surface area contributed by atoms with E-state index in [2.05, 4.69) is 16.7 Å². The average molecular weight is 305 g/mol. The van der Waals surface area contributed by atoms with Crippen LogP contribution in [0.1, 0.15) is 37.0 Å². The summed E-state index contributed by atoms with van der Waals surface area (Å²) in [4.78, 5) is 4.42. The van der Waals surface area contributed by atoms with Crippen molar-refractivity contribution >= 4 is 17.2 Å². The number of nitrogens with zero attached hydrogens (tertiary/aromatic N) is 2. The summed E-state index contributed by atoms with van der Waals surface area (Å²) in [5.41, 5.74) is 1.15. The molecule has 0 aliphatic heterocycles. The molecule has 1 aromatic carbocycles. The van der Waals surface area contributed by atoms with Gasteiger partial charge in [0.2, 0.25) is 0 Å². The van der Waals surface area contributed by atoms with Crippen LogP contribution in [0.2, 0.25) is 5.02 Å². The van der Waals surface area contributed by atoms with Crippen LogP contribution < -0.4 is 0 Å². The zero-order valence-corrected chi connectivity index (χ0v) is 12.3. The third kappa shape index (κ3) is 2.40. The van der Waals surface area contributed by atoms with Gasteiger partial charge in [-0.3, -0.25) is 0 Å². The van der Waals surface area contributed by atoms with Gasteiger partial charge in [-0.1, -0.05) is 41.6 Å². The van der Waals surface area contributed by atoms with Crippen LogP contribution in [0.25, 0.3) is 5.57 Å². The van der Waals surface area contributed by atoms with E-state index in [-0.39, 0.29) is 11.2 Å². The molecule has 1 heterocycles. The minimum Gasteiger partial charge on any atom is -0.334 e. The van der Waals surface area contributed by atoms with Crippen molar-refractivity contribution in [2.75, 3.05) is 0 Å². The Labute approximate surface area is 127 Å². The fourth-order valence-electron chi connectivity index (χ4n) is 2.44. The second kappa shape index (κ2) is 5.11. The smallest absolute Gasteiger partial charge is 0.257 e. The van der Waals surface area contributed by atoms with Gasteiger partial charge in [-0.2, -0.15) is 4.98 Å². The molecule has 0 unspecified atom stereocenters. The molecule has 1 saturated carbocycles. The summed E-state index contributed by atoms with van der Waals surface area (Å²) in [5, 5.41) is 4.45. The lowest BCUT2D eigenvalue weighted by molar-refractivity contribution is 0.397. The predicted molar refractivity (Wildman–Crippen MR) is 79.6 cm³/mol. The van der Waals surface area contributed by atoms with Crippen LogP contribution in [-0.4, -0.2) is 10.1 Å². The lowest BCUT2D eigenvalue weighted by Gasteiger charge is -2.12. The van der Waals surface area contributed by atoms with E-state index in [0.29, 0.717) is 22.3 Å². The molecular formula is C16H14ClFN2O. The molecule has 2 aromatic rings. The summed E-state index contributed by atoms with van der Waals surface area (Å²) in [6.07, 6.45) is 5.40. The summed E-state index contributed by atoms with van der Waals surface area (Å²) in [6, 6.07) is 4.42. The minimum absolute atomic E-state index is 0.352. The third-order valence-corrected chi connectivity index (χ3v) is 4.01. The quantitative estimate of drug-likeness (QED) is 0.779. The molecule has 0 atom stereocenters. The Balaban J connectivity index is 1.98. The Hall–Kier alpha value is -1.94. The summed E-state index contributed by atoms with van der Waals surface area (Å²) in [6.45, 7) is 5.77. The van der Waals surface area contributed by atoms with E-state index in [4.69, 9.17) is 16.1 Å². The van der Waals surface area contributed by atoms with Gasteiger partial charge in [0.25, 0.3) is 5.89 Å². The Bertz CT molecular complexity index is 732. The molecule has 0 spiro atoms. The first-order valence-electron chi connectivity index (χ1n) is 6.68. The van der Waals surface area contributed by atoms with E-state index in [1.807, 2.05) is 19.1 Å². The number of allylic oxidation sites excluding steroid dienone is 3. The van der Waals surface area contributed by atoms with Crippen LogP contribution in [0.3, 0.4) is 0 Å². The van der Waals surface area contributed by atoms with Gasteiger partial charge in [0.1, 0.15) is 5.82 Å². The largest absolute Gasteiger partial charge is 0.334 e. The van der Waals surface area contributed by atoms with Crippen molar-refractivity contribution in [2.45, 2.75) is 25.2 Å². The van der Waals surface area contributed by atoms with Crippen molar-refractivity contribution in [1.29, 1.82) is 0 Å². The second-order valence-electron chi connectivity index (χ2n) is 5.15. The van der Waals surface area contributed by atoms with Crippen LogP contribution in [0, 0.1) is 5.82 Å². The molecule has 1 aromatic heterocycles. The van der Waals surface area contributed by atoms with Crippen molar-refractivity contribution < 1.29 is 8.91 Å². The van der Waals surface area contributed by atoms with Gasteiger partial charge in [0.05, 0.1) is 5.41 Å². The molecule has 0 N–H and O–H groups in total. The number of hydrogen-bond donors (Lipinski definition) is 0. The Morgan fingerprint density at radius 2 is 2.24 bits per heavy atom. The zero-order chi connectivity index (χ0) is 15.0. The normalized spacial score (nSPS) is 16.3. The first-order valence-corrected chi connectivity index (χ1v) is 7.06. The topological polar surface area (TPSA) is 38.9 Å². The van der Waals surface area contributed by atoms with E-state index in [1.54, 1.807) is 6.07 Å². The lowest BCUT2D eigenvalue weighted by atomic mass is 9.95. The van der Waals surface area contributed by atoms with Gasteiger partial charge in [-0.25, -0.2) is 4.39 Å². The lowest BCUT2D eigenvalue weighted by Crippen LogP contribution is -2.11. The molecule has 1 aliphatic carbocycles. The third-order valence-electron chi connectivity index (χ3n) is 3.69. The van der Waals surface area contributed by atoms with Gasteiger partial charge in [-0.15, -0.1) is 0 Å². The van der Waals surface area contributed by atoms with Crippen LogP contribution in [0.15, 0.2) is 41.5 Å². The summed E-state index contributed by atoms with van der Waals surface area (Å²) in [5.74, 6) is 0.624. The van der Waals surface area contributed by atoms with Gasteiger partial charge < -0.3 is 4.52 Å². The van der Waals surface area contributed by atoms with Gasteiger partial charge >= 0.3 is 0 Å². The summed E-state index contributed by atoms with van der Waals surface area (Å²) < 4.78 is 18.5. The highest BCUT2D eigenvalue weighted by molar-refractivity contribution is 6.31. The van der Waals surface area contributed by atoms with E-state index in [0.717, 1.165) is 18.4 Å². The molecule has 3 rings (SSSR count). The molecule has 0 saturated heterocycles. The predicted octanol–water partition coefficient (Wildman–Crippen LogP) is 4.53. The van der Waals surface area contributed by atoms with Crippen LogP contribution in [-0.2, 0) is 5.41 Å². The van der Waals surface area contributed by atoms with Gasteiger partial charge in [0.15, 0.2) is 5.82 Å². The fourth-order valence-corrected chi connectivity index (χ4v) is 2.78. The molecule has 1 fully saturated rings. The zero-order valence-electron chi connectivity index (χ0n) is 11.6. The SMILES string of the molecule is C=C(/C=C/C)c1nc(C2(c3ccc(F)cc3Cl)CC2)no1. The molecule has 1 aliphatic rings. The monoisotopic (exact) mass is 304 g/mol. The summed E-state index contributed by atoms with van der Waals surface area (Å²) >= 11 is 6.17. The van der Waals surface area contributed by atoms with Crippen LogP contribution >= 0.6 is 11.6 Å². The van der Waals surface area contributed by atoms with Gasteiger partial charge in [0, 0.05) is 10.6 Å². The Morgan fingerprint density at radius 1 is 1.48 bits per heavy atom. The highest BCUT2D eigenvalue weighted by Gasteiger charge is 2.51. The number of halogens is 2. The Morgan fingerprint density at radius 3 is 2.86 bits per heavy atom. The highest BCUT2D eigenvalue weighted by atomic mass is 35.5. The maximum atomic E-state index is 13.2. The second-order valence-corrected chi connectivity index (χ2v) is 5.56. The number of hydrogen-bond acceptors (Lipinski definition) is 3. The Kier molecular flexibility index (Phi) is 3.41. The first-order chi connectivity index (χ1) is 10.1. The highest BCUT2D eigenvalue weighted by Crippen LogP contribution is 2.54. The molecule has 5 heteroatoms. The minimum atomic E-state index is -0.358. The summed E-state index contributed by atoms with van der Waals surface area (Å²) in [7, 11) is 0. The molecule has 0 amide bonds. The maximum absolute atomic E-state index is 13.2. The first kappa shape index (κ1) is 14.0. The standard InChI is InChI=1S/C16H14ClFN2O/c1-3-4-10(2)14-19-15(20-21-14)16(7-8-16)12-6-5-11(18)9-13(12)17/h3-6,9H,2,7-8H2,1H3/b4-3+. The van der Waals surface area contributed by atoms with E-state index < -0.39 is 0 Å². The van der Waals surface area contributed by atoms with Crippen molar-refractivity contribution in [2.24, 2.45) is 0 Å².